The number of ether oxygens (including phenoxy) is 1. The van der Waals surface area contributed by atoms with E-state index in [-0.39, 0.29) is 37.1 Å². The molecule has 0 aromatic carbocycles. The summed E-state index contributed by atoms with van der Waals surface area (Å²) >= 11 is 17.7. The van der Waals surface area contributed by atoms with E-state index in [1.165, 1.54) is 6.92 Å². The Labute approximate surface area is 319 Å². The topological polar surface area (TPSA) is 316 Å². The van der Waals surface area contributed by atoms with Gasteiger partial charge in [0.25, 0.3) is 17.7 Å². The first-order valence-corrected chi connectivity index (χ1v) is 17.7. The van der Waals surface area contributed by atoms with Gasteiger partial charge in [-0.2, -0.15) is 0 Å². The van der Waals surface area contributed by atoms with E-state index in [9.17, 15) is 59.1 Å². The van der Waals surface area contributed by atoms with Gasteiger partial charge in [-0.15, -0.1) is 23.2 Å². The number of amides is 5. The van der Waals surface area contributed by atoms with Crippen LogP contribution < -0.4 is 32.3 Å². The van der Waals surface area contributed by atoms with Gasteiger partial charge in [0.05, 0.1) is 6.10 Å². The number of aliphatic hydroxyl groups excluding tert-OH is 3. The van der Waals surface area contributed by atoms with Crippen LogP contribution >= 0.6 is 34.8 Å². The third-order valence-electron chi connectivity index (χ3n) is 8.36. The van der Waals surface area contributed by atoms with Crippen LogP contribution in [0.5, 0.6) is 0 Å². The first-order valence-electron chi connectivity index (χ1n) is 16.4. The van der Waals surface area contributed by atoms with Crippen molar-refractivity contribution < 1.29 is 63.8 Å². The number of carbonyl (C=O) groups excluding carboxylic acids is 6. The molecule has 298 valence electrons. The van der Waals surface area contributed by atoms with Gasteiger partial charge in [0.1, 0.15) is 52.7 Å². The fraction of sp³-hybridized carbons (Fsp3) is 0.645. The Morgan fingerprint density at radius 3 is 2.19 bits per heavy atom. The molecule has 0 radical (unpaired) electrons. The predicted octanol–water partition coefficient (Wildman–Crippen LogP) is -2.52. The molecule has 1 aliphatic carbocycles. The maximum Gasteiger partial charge on any atom is 0.326 e. The van der Waals surface area contributed by atoms with E-state index in [1.807, 2.05) is 0 Å². The Kier molecular flexibility index (Phi) is 17.9. The van der Waals surface area contributed by atoms with Crippen LogP contribution in [0.1, 0.15) is 52.9 Å². The smallest absolute Gasteiger partial charge is 0.326 e. The lowest BCUT2D eigenvalue weighted by molar-refractivity contribution is -0.150. The molecule has 1 aliphatic heterocycles. The van der Waals surface area contributed by atoms with Gasteiger partial charge in [-0.25, -0.2) is 4.79 Å². The number of halogens is 3. The lowest BCUT2D eigenvalue weighted by Gasteiger charge is -2.34. The largest absolute Gasteiger partial charge is 0.491 e. The SMILES string of the molecule is CC(C)C1OC2=C(CC(C(=O)O)NC(=O)/C(=C\Cl)NC(=O)C1NC(=O)C(NC(=O)C(CC(C)C(Cl)Cl)NC(=O)C(O)O)C(O)CCCN)C(=O)C(O)C2. The zero-order chi connectivity index (χ0) is 40.3. The van der Waals surface area contributed by atoms with Crippen molar-refractivity contribution in [2.24, 2.45) is 17.6 Å². The van der Waals surface area contributed by atoms with E-state index < -0.39 is 125 Å². The molecule has 0 fully saturated rings. The Morgan fingerprint density at radius 1 is 1.02 bits per heavy atom. The summed E-state index contributed by atoms with van der Waals surface area (Å²) in [7, 11) is 0. The second-order valence-corrected chi connectivity index (χ2v) is 14.2. The minimum Gasteiger partial charge on any atom is -0.491 e. The standard InChI is InChI=1S/C31H45Cl3N6O13/c1-11(2)23-21(28(47)38-16(10-32)26(45)37-15(30(49)50)8-13-19(53-23)9-18(42)22(13)43)40-27(46)20(17(41)5-4-6-35)39-25(44)14(7-12(3)24(33)34)36-29(48)31(51)52/h10-12,14-15,17-18,20-21,23-24,31,41-42,51-52H,4-9,35H2,1-3H3,(H,36,48)(H,37,45)(H,38,47)(H,39,44)(H,40,46)(H,49,50)/b16-10+. The van der Waals surface area contributed by atoms with Gasteiger partial charge >= 0.3 is 5.97 Å². The summed E-state index contributed by atoms with van der Waals surface area (Å²) in [6.07, 6.45) is -8.59. The normalized spacial score (nSPS) is 24.3. The van der Waals surface area contributed by atoms with Crippen molar-refractivity contribution in [2.75, 3.05) is 6.54 Å². The minimum absolute atomic E-state index is 0.0609. The number of hydrogen-bond acceptors (Lipinski definition) is 13. The third kappa shape index (κ3) is 12.8. The number of nitrogens with two attached hydrogens (primary N) is 1. The first-order chi connectivity index (χ1) is 24.7. The summed E-state index contributed by atoms with van der Waals surface area (Å²) < 4.78 is 6.09. The average molecular weight is 816 g/mol. The van der Waals surface area contributed by atoms with Gasteiger partial charge in [0.2, 0.25) is 18.1 Å². The molecule has 0 aromatic rings. The number of aliphatic hydroxyl groups is 4. The molecule has 2 aliphatic rings. The Morgan fingerprint density at radius 2 is 1.66 bits per heavy atom. The maximum absolute atomic E-state index is 14.0. The molecule has 22 heteroatoms. The lowest BCUT2D eigenvalue weighted by atomic mass is 9.96. The molecule has 2 rings (SSSR count). The molecule has 0 saturated heterocycles. The van der Waals surface area contributed by atoms with Crippen molar-refractivity contribution >= 4 is 76.1 Å². The highest BCUT2D eigenvalue weighted by Gasteiger charge is 2.43. The summed E-state index contributed by atoms with van der Waals surface area (Å²) in [6, 6.07) is -6.97. The second-order valence-electron chi connectivity index (χ2n) is 12.8. The van der Waals surface area contributed by atoms with Crippen LogP contribution in [0.2, 0.25) is 0 Å². The number of Topliss-reactive ketones (excluding diaryl/α,β-unsaturated/α-hetero) is 1. The quantitative estimate of drug-likeness (QED) is 0.0462. The number of hydrogen-bond donors (Lipinski definition) is 11. The molecular weight excluding hydrogens is 771 g/mol. The molecule has 0 spiro atoms. The fourth-order valence-corrected chi connectivity index (χ4v) is 5.74. The Hall–Kier alpha value is -3.56. The van der Waals surface area contributed by atoms with E-state index in [0.717, 1.165) is 0 Å². The van der Waals surface area contributed by atoms with Gasteiger partial charge < -0.3 is 62.6 Å². The molecule has 19 nitrogen and oxygen atoms in total. The third-order valence-corrected chi connectivity index (χ3v) is 9.44. The van der Waals surface area contributed by atoms with Crippen LogP contribution in [0.3, 0.4) is 0 Å². The summed E-state index contributed by atoms with van der Waals surface area (Å²) in [6.45, 7) is 4.69. The van der Waals surface area contributed by atoms with Crippen LogP contribution in [0, 0.1) is 11.8 Å². The van der Waals surface area contributed by atoms with Crippen LogP contribution in [0.4, 0.5) is 0 Å². The molecule has 0 aromatic heterocycles. The molecule has 5 amide bonds. The van der Waals surface area contributed by atoms with Crippen molar-refractivity contribution in [2.45, 2.75) is 106 Å². The number of ketones is 1. The van der Waals surface area contributed by atoms with E-state index in [4.69, 9.17) is 45.3 Å². The number of alkyl halides is 2. The van der Waals surface area contributed by atoms with Gasteiger partial charge in [0, 0.05) is 23.9 Å². The predicted molar refractivity (Wildman–Crippen MR) is 186 cm³/mol. The van der Waals surface area contributed by atoms with Crippen LogP contribution in [-0.2, 0) is 38.3 Å². The molecule has 0 saturated carbocycles. The minimum atomic E-state index is -2.53. The molecule has 53 heavy (non-hydrogen) atoms. The molecule has 1 heterocycles. The highest BCUT2D eigenvalue weighted by atomic mass is 35.5. The maximum atomic E-state index is 14.0. The molecular formula is C31H45Cl3N6O13. The van der Waals surface area contributed by atoms with Gasteiger partial charge in [-0.1, -0.05) is 32.4 Å². The number of carbonyl (C=O) groups is 7. The molecule has 8 unspecified atom stereocenters. The molecule has 8 atom stereocenters. The number of aliphatic carboxylic acids is 1. The fourth-order valence-electron chi connectivity index (χ4n) is 5.38. The highest BCUT2D eigenvalue weighted by molar-refractivity contribution is 6.44. The van der Waals surface area contributed by atoms with E-state index >= 15 is 0 Å². The number of rotatable bonds is 15. The van der Waals surface area contributed by atoms with Crippen LogP contribution in [0.25, 0.3) is 0 Å². The second kappa shape index (κ2) is 20.8. The van der Waals surface area contributed by atoms with Gasteiger partial charge in [-0.3, -0.25) is 28.8 Å². The van der Waals surface area contributed by atoms with Crippen molar-refractivity contribution in [3.8, 4) is 0 Å². The molecule has 12 N–H and O–H groups in total. The van der Waals surface area contributed by atoms with Crippen molar-refractivity contribution in [1.82, 2.24) is 26.6 Å². The van der Waals surface area contributed by atoms with E-state index in [1.54, 1.807) is 13.8 Å². The average Bonchev–Trinajstić information content (AvgIpc) is 3.34. The zero-order valence-electron chi connectivity index (χ0n) is 28.9. The van der Waals surface area contributed by atoms with Crippen molar-refractivity contribution in [1.29, 1.82) is 0 Å². The summed E-state index contributed by atoms with van der Waals surface area (Å²) in [5.74, 6) is -10.0. The Balaban J connectivity index is 2.64. The number of carboxylic acids is 1. The highest BCUT2D eigenvalue weighted by Crippen LogP contribution is 2.31. The molecule has 0 bridgehead atoms. The van der Waals surface area contributed by atoms with E-state index in [2.05, 4.69) is 26.6 Å². The monoisotopic (exact) mass is 814 g/mol. The first kappa shape index (κ1) is 45.6. The van der Waals surface area contributed by atoms with E-state index in [0.29, 0.717) is 5.54 Å². The van der Waals surface area contributed by atoms with Crippen LogP contribution in [-0.4, -0.2) is 127 Å². The Bertz CT molecular complexity index is 1460. The number of carboxylic acid groups (broad SMARTS) is 1. The van der Waals surface area contributed by atoms with Crippen molar-refractivity contribution in [3.63, 3.8) is 0 Å². The van der Waals surface area contributed by atoms with Gasteiger partial charge in [0.15, 0.2) is 5.78 Å². The summed E-state index contributed by atoms with van der Waals surface area (Å²) in [5, 5.41) is 61.0. The van der Waals surface area contributed by atoms with Crippen molar-refractivity contribution in [3.05, 3.63) is 22.6 Å². The van der Waals surface area contributed by atoms with Crippen LogP contribution in [0.15, 0.2) is 22.6 Å². The zero-order valence-corrected chi connectivity index (χ0v) is 31.2. The summed E-state index contributed by atoms with van der Waals surface area (Å²) in [5.41, 5.74) is 5.26. The summed E-state index contributed by atoms with van der Waals surface area (Å²) in [4.78, 5) is 90.5. The number of nitrogens with one attached hydrogen (secondary N) is 5. The lowest BCUT2D eigenvalue weighted by Crippen LogP contribution is -2.63. The van der Waals surface area contributed by atoms with Gasteiger partial charge in [-0.05, 0) is 37.6 Å².